The molecule has 156 valence electrons. The predicted octanol–water partition coefficient (Wildman–Crippen LogP) is 3.08. The number of likely N-dealkylation sites (tertiary alicyclic amines) is 1. The van der Waals surface area contributed by atoms with E-state index in [1.807, 2.05) is 53.4 Å². The number of nitrogens with zero attached hydrogens (tertiary/aromatic N) is 2. The molecule has 1 atom stereocenters. The van der Waals surface area contributed by atoms with Crippen molar-refractivity contribution < 1.29 is 18.8 Å². The first-order valence-electron chi connectivity index (χ1n) is 10.2. The molecular weight excluding hydrogens is 382 g/mol. The average Bonchev–Trinajstić information content (AvgIpc) is 3.09. The van der Waals surface area contributed by atoms with Crippen LogP contribution >= 0.6 is 0 Å². The van der Waals surface area contributed by atoms with Gasteiger partial charge in [-0.25, -0.2) is 0 Å². The van der Waals surface area contributed by atoms with Crippen LogP contribution in [0.15, 0.2) is 53.1 Å². The van der Waals surface area contributed by atoms with Crippen molar-refractivity contribution >= 4 is 22.8 Å². The summed E-state index contributed by atoms with van der Waals surface area (Å²) in [5, 5.41) is 7.94. The Morgan fingerprint density at radius 1 is 1.23 bits per heavy atom. The van der Waals surface area contributed by atoms with Gasteiger partial charge in [-0.2, -0.15) is 0 Å². The first-order chi connectivity index (χ1) is 14.6. The fourth-order valence-corrected chi connectivity index (χ4v) is 3.84. The van der Waals surface area contributed by atoms with Gasteiger partial charge in [0.05, 0.1) is 13.5 Å². The molecule has 1 N–H and O–H groups in total. The normalized spacial score (nSPS) is 17.0. The Bertz CT molecular complexity index is 1050. The Morgan fingerprint density at radius 3 is 2.97 bits per heavy atom. The zero-order valence-electron chi connectivity index (χ0n) is 17.0. The molecule has 1 fully saturated rings. The van der Waals surface area contributed by atoms with Crippen LogP contribution in [0.2, 0.25) is 0 Å². The summed E-state index contributed by atoms with van der Waals surface area (Å²) in [6.07, 6.45) is 1.94. The van der Waals surface area contributed by atoms with E-state index >= 15 is 0 Å². The number of hydrogen-bond donors (Lipinski definition) is 1. The quantitative estimate of drug-likeness (QED) is 0.679. The molecule has 0 bridgehead atoms. The van der Waals surface area contributed by atoms with Crippen LogP contribution in [0, 0.1) is 0 Å². The molecular formula is C23H25N3O4. The number of rotatable bonds is 6. The zero-order chi connectivity index (χ0) is 20.9. The van der Waals surface area contributed by atoms with Crippen molar-refractivity contribution in [1.82, 2.24) is 15.4 Å². The van der Waals surface area contributed by atoms with Crippen LogP contribution in [0.5, 0.6) is 5.75 Å². The standard InChI is InChI=1S/C23H25N3O4/c1-29-18-6-4-5-16(13-18)15-26-12-11-17(9-10-23(26)28)24-22(27)14-20-19-7-2-3-8-21(19)30-25-20/h2-8,13,17H,9-12,14-15H2,1H3,(H,24,27). The van der Waals surface area contributed by atoms with Gasteiger partial charge in [-0.05, 0) is 42.7 Å². The molecule has 1 aliphatic heterocycles. The largest absolute Gasteiger partial charge is 0.497 e. The van der Waals surface area contributed by atoms with Crippen LogP contribution in [0.25, 0.3) is 11.0 Å². The summed E-state index contributed by atoms with van der Waals surface area (Å²) in [7, 11) is 1.63. The minimum atomic E-state index is -0.104. The minimum Gasteiger partial charge on any atom is -0.497 e. The number of hydrogen-bond acceptors (Lipinski definition) is 5. The van der Waals surface area contributed by atoms with Gasteiger partial charge in [0.2, 0.25) is 11.8 Å². The van der Waals surface area contributed by atoms with Crippen LogP contribution in [-0.4, -0.2) is 41.6 Å². The molecule has 3 aromatic rings. The van der Waals surface area contributed by atoms with E-state index in [0.29, 0.717) is 37.2 Å². The molecule has 30 heavy (non-hydrogen) atoms. The summed E-state index contributed by atoms with van der Waals surface area (Å²) >= 11 is 0. The van der Waals surface area contributed by atoms with Crippen molar-refractivity contribution in [3.05, 3.63) is 59.8 Å². The number of nitrogens with one attached hydrogen (secondary N) is 1. The van der Waals surface area contributed by atoms with Gasteiger partial charge in [0, 0.05) is 30.9 Å². The van der Waals surface area contributed by atoms with E-state index in [4.69, 9.17) is 9.26 Å². The molecule has 0 radical (unpaired) electrons. The SMILES string of the molecule is COc1cccc(CN2CCC(NC(=O)Cc3noc4ccccc34)CCC2=O)c1. The van der Waals surface area contributed by atoms with Crippen molar-refractivity contribution in [2.45, 2.75) is 38.3 Å². The predicted molar refractivity (Wildman–Crippen MR) is 112 cm³/mol. The number of fused-ring (bicyclic) bond motifs is 1. The Labute approximate surface area is 175 Å². The highest BCUT2D eigenvalue weighted by Gasteiger charge is 2.24. The highest BCUT2D eigenvalue weighted by Crippen LogP contribution is 2.20. The summed E-state index contributed by atoms with van der Waals surface area (Å²) < 4.78 is 10.5. The summed E-state index contributed by atoms with van der Waals surface area (Å²) in [6, 6.07) is 15.2. The van der Waals surface area contributed by atoms with E-state index in [-0.39, 0.29) is 24.3 Å². The van der Waals surface area contributed by atoms with Gasteiger partial charge in [0.15, 0.2) is 5.58 Å². The second kappa shape index (κ2) is 8.98. The smallest absolute Gasteiger partial charge is 0.226 e. The second-order valence-electron chi connectivity index (χ2n) is 7.56. The van der Waals surface area contributed by atoms with Crippen molar-refractivity contribution in [3.8, 4) is 5.75 Å². The maximum atomic E-state index is 12.6. The number of amides is 2. The monoisotopic (exact) mass is 407 g/mol. The molecule has 0 aliphatic carbocycles. The van der Waals surface area contributed by atoms with Gasteiger partial charge < -0.3 is 19.5 Å². The topological polar surface area (TPSA) is 84.7 Å². The van der Waals surface area contributed by atoms with E-state index < -0.39 is 0 Å². The van der Waals surface area contributed by atoms with Gasteiger partial charge in [0.1, 0.15) is 11.4 Å². The first kappa shape index (κ1) is 19.9. The summed E-state index contributed by atoms with van der Waals surface area (Å²) in [6.45, 7) is 1.15. The van der Waals surface area contributed by atoms with Gasteiger partial charge in [0.25, 0.3) is 0 Å². The van der Waals surface area contributed by atoms with E-state index in [9.17, 15) is 9.59 Å². The third-order valence-electron chi connectivity index (χ3n) is 5.46. The fraction of sp³-hybridized carbons (Fsp3) is 0.348. The minimum absolute atomic E-state index is 0.0325. The van der Waals surface area contributed by atoms with E-state index in [0.717, 1.165) is 23.1 Å². The number of benzene rings is 2. The lowest BCUT2D eigenvalue weighted by Crippen LogP contribution is -2.36. The number of methoxy groups -OCH3 is 1. The average molecular weight is 407 g/mol. The number of para-hydroxylation sites is 1. The maximum Gasteiger partial charge on any atom is 0.226 e. The van der Waals surface area contributed by atoms with Gasteiger partial charge >= 0.3 is 0 Å². The highest BCUT2D eigenvalue weighted by atomic mass is 16.5. The van der Waals surface area contributed by atoms with E-state index in [2.05, 4.69) is 10.5 Å². The number of carbonyl (C=O) groups excluding carboxylic acids is 2. The molecule has 0 saturated carbocycles. The number of carbonyl (C=O) groups is 2. The maximum absolute atomic E-state index is 12.6. The Morgan fingerprint density at radius 2 is 2.10 bits per heavy atom. The molecule has 0 spiro atoms. The zero-order valence-corrected chi connectivity index (χ0v) is 17.0. The van der Waals surface area contributed by atoms with Gasteiger partial charge in [-0.15, -0.1) is 0 Å². The lowest BCUT2D eigenvalue weighted by Gasteiger charge is -2.21. The van der Waals surface area contributed by atoms with Crippen LogP contribution < -0.4 is 10.1 Å². The third kappa shape index (κ3) is 4.62. The molecule has 1 unspecified atom stereocenters. The fourth-order valence-electron chi connectivity index (χ4n) is 3.84. The van der Waals surface area contributed by atoms with Crippen molar-refractivity contribution in [3.63, 3.8) is 0 Å². The van der Waals surface area contributed by atoms with Crippen LogP contribution in [0.4, 0.5) is 0 Å². The molecule has 2 amide bonds. The Balaban J connectivity index is 1.34. The van der Waals surface area contributed by atoms with Gasteiger partial charge in [-0.3, -0.25) is 9.59 Å². The van der Waals surface area contributed by atoms with Crippen molar-refractivity contribution in [2.75, 3.05) is 13.7 Å². The van der Waals surface area contributed by atoms with Crippen molar-refractivity contribution in [1.29, 1.82) is 0 Å². The third-order valence-corrected chi connectivity index (χ3v) is 5.46. The molecule has 1 aromatic heterocycles. The molecule has 2 aromatic carbocycles. The molecule has 1 aliphatic rings. The summed E-state index contributed by atoms with van der Waals surface area (Å²) in [5.74, 6) is 0.783. The van der Waals surface area contributed by atoms with Crippen LogP contribution in [0.3, 0.4) is 0 Å². The molecule has 4 rings (SSSR count). The first-order valence-corrected chi connectivity index (χ1v) is 10.2. The molecule has 1 saturated heterocycles. The van der Waals surface area contributed by atoms with E-state index in [1.54, 1.807) is 7.11 Å². The molecule has 7 heteroatoms. The number of aromatic nitrogens is 1. The van der Waals surface area contributed by atoms with Gasteiger partial charge in [-0.1, -0.05) is 29.4 Å². The van der Waals surface area contributed by atoms with E-state index in [1.165, 1.54) is 0 Å². The Hall–Kier alpha value is -3.35. The van der Waals surface area contributed by atoms with Crippen LogP contribution in [0.1, 0.15) is 30.5 Å². The molecule has 2 heterocycles. The Kier molecular flexibility index (Phi) is 5.97. The van der Waals surface area contributed by atoms with Crippen molar-refractivity contribution in [2.24, 2.45) is 0 Å². The number of ether oxygens (including phenoxy) is 1. The van der Waals surface area contributed by atoms with Crippen LogP contribution in [-0.2, 0) is 22.6 Å². The lowest BCUT2D eigenvalue weighted by atomic mass is 10.1. The summed E-state index contributed by atoms with van der Waals surface area (Å²) in [4.78, 5) is 27.0. The lowest BCUT2D eigenvalue weighted by molar-refractivity contribution is -0.131. The summed E-state index contributed by atoms with van der Waals surface area (Å²) in [5.41, 5.74) is 2.34. The second-order valence-corrected chi connectivity index (χ2v) is 7.56. The molecule has 7 nitrogen and oxygen atoms in total. The highest BCUT2D eigenvalue weighted by molar-refractivity contribution is 5.86.